The van der Waals surface area contributed by atoms with Crippen molar-refractivity contribution >= 4 is 35.0 Å². The third-order valence-electron chi connectivity index (χ3n) is 6.62. The van der Waals surface area contributed by atoms with Crippen molar-refractivity contribution in [3.63, 3.8) is 0 Å². The second-order valence-electron chi connectivity index (χ2n) is 8.88. The minimum absolute atomic E-state index is 0.0897. The van der Waals surface area contributed by atoms with Crippen LogP contribution in [0.25, 0.3) is 0 Å². The van der Waals surface area contributed by atoms with Crippen LogP contribution in [0, 0.1) is 16.6 Å². The number of carboxylic acids is 1. The number of hydrogen-bond acceptors (Lipinski definition) is 4. The number of rotatable bonds is 5. The normalized spacial score (nSPS) is 22.7. The Hall–Kier alpha value is -2.97. The molecular weight excluding hydrogens is 449 g/mol. The molecule has 4 N–H and O–H groups in total. The quantitative estimate of drug-likeness (QED) is 0.386. The van der Waals surface area contributed by atoms with E-state index in [1.54, 1.807) is 12.1 Å². The first kappa shape index (κ1) is 23.2. The van der Waals surface area contributed by atoms with Gasteiger partial charge in [0.2, 0.25) is 0 Å². The van der Waals surface area contributed by atoms with Gasteiger partial charge in [-0.25, -0.2) is 4.39 Å². The summed E-state index contributed by atoms with van der Waals surface area (Å²) in [4.78, 5) is 26.1. The molecule has 0 spiro atoms. The number of nitrogens with one attached hydrogen (secondary N) is 2. The first-order valence-electron chi connectivity index (χ1n) is 10.8. The highest BCUT2D eigenvalue weighted by Gasteiger charge is 2.45. The molecule has 1 amide bonds. The summed E-state index contributed by atoms with van der Waals surface area (Å²) in [5, 5.41) is 31.5. The zero-order chi connectivity index (χ0) is 23.9. The maximum Gasteiger partial charge on any atom is 0.312 e. The number of amidine groups is 1. The Morgan fingerprint density at radius 1 is 1.21 bits per heavy atom. The Labute approximate surface area is 195 Å². The number of anilines is 1. The van der Waals surface area contributed by atoms with Crippen molar-refractivity contribution in [2.24, 2.45) is 5.41 Å². The molecule has 7 nitrogen and oxygen atoms in total. The van der Waals surface area contributed by atoms with E-state index < -0.39 is 29.2 Å². The fourth-order valence-corrected chi connectivity index (χ4v) is 4.48. The average molecular weight is 474 g/mol. The summed E-state index contributed by atoms with van der Waals surface area (Å²) < 4.78 is 14.9. The molecule has 1 saturated carbocycles. The first-order chi connectivity index (χ1) is 15.6. The predicted octanol–water partition coefficient (Wildman–Crippen LogP) is 4.09. The Balaban J connectivity index is 1.61. The Bertz CT molecular complexity index is 1140. The Morgan fingerprint density at radius 3 is 2.55 bits per heavy atom. The number of amides is 1. The molecule has 2 aromatic carbocycles. The van der Waals surface area contributed by atoms with Gasteiger partial charge in [-0.15, -0.1) is 0 Å². The van der Waals surface area contributed by atoms with Gasteiger partial charge in [-0.05, 0) is 55.9 Å². The van der Waals surface area contributed by atoms with E-state index in [4.69, 9.17) is 17.0 Å². The summed E-state index contributed by atoms with van der Waals surface area (Å²) in [5.41, 5.74) is -0.175. The minimum atomic E-state index is -1.34. The summed E-state index contributed by atoms with van der Waals surface area (Å²) in [6.07, 6.45) is 0.802. The maximum atomic E-state index is 14.9. The van der Waals surface area contributed by atoms with Crippen LogP contribution in [0.15, 0.2) is 36.4 Å². The second kappa shape index (κ2) is 8.76. The highest BCUT2D eigenvalue weighted by atomic mass is 35.5. The zero-order valence-electron chi connectivity index (χ0n) is 18.1. The number of carbonyl (C=O) groups is 2. The lowest BCUT2D eigenvalue weighted by molar-refractivity contribution is -0.159. The van der Waals surface area contributed by atoms with Crippen LogP contribution in [0.2, 0.25) is 5.02 Å². The molecule has 4 rings (SSSR count). The standard InChI is InChI=1S/C24H25ClFN3O4/c1-24(23(32)33)10-11-29(12-18(24)30)21(27)20-16(26)6-3-7-17(20)28-22(31)19-14(13-8-9-13)4-2-5-15(19)25/h2-7,13,18,27,30H,8-12H2,1H3,(H,28,31)(H,32,33)/t18?,24-/m1/s1. The third-order valence-corrected chi connectivity index (χ3v) is 6.94. The highest BCUT2D eigenvalue weighted by molar-refractivity contribution is 6.34. The molecule has 2 fully saturated rings. The van der Waals surface area contributed by atoms with Gasteiger partial charge >= 0.3 is 5.97 Å². The summed E-state index contributed by atoms with van der Waals surface area (Å²) in [6, 6.07) is 9.41. The molecule has 1 heterocycles. The zero-order valence-corrected chi connectivity index (χ0v) is 18.8. The van der Waals surface area contributed by atoms with Gasteiger partial charge in [-0.3, -0.25) is 15.0 Å². The minimum Gasteiger partial charge on any atom is -0.481 e. The van der Waals surface area contributed by atoms with Crippen molar-refractivity contribution in [1.29, 1.82) is 5.41 Å². The van der Waals surface area contributed by atoms with E-state index >= 15 is 0 Å². The van der Waals surface area contributed by atoms with Crippen molar-refractivity contribution in [2.45, 2.75) is 38.2 Å². The number of halogens is 2. The number of aliphatic carboxylic acids is 1. The van der Waals surface area contributed by atoms with E-state index in [2.05, 4.69) is 5.32 Å². The van der Waals surface area contributed by atoms with Gasteiger partial charge < -0.3 is 20.4 Å². The number of likely N-dealkylation sites (tertiary alicyclic amines) is 1. The number of nitrogens with zero attached hydrogens (tertiary/aromatic N) is 1. The van der Waals surface area contributed by atoms with E-state index in [1.165, 1.54) is 30.0 Å². The van der Waals surface area contributed by atoms with Crippen LogP contribution < -0.4 is 5.32 Å². The Morgan fingerprint density at radius 2 is 1.91 bits per heavy atom. The first-order valence-corrected chi connectivity index (χ1v) is 11.1. The molecule has 0 aromatic heterocycles. The van der Waals surface area contributed by atoms with Gasteiger partial charge in [0.1, 0.15) is 11.7 Å². The number of carbonyl (C=O) groups excluding carboxylic acids is 1. The van der Waals surface area contributed by atoms with Crippen molar-refractivity contribution in [2.75, 3.05) is 18.4 Å². The topological polar surface area (TPSA) is 114 Å². The summed E-state index contributed by atoms with van der Waals surface area (Å²) in [6.45, 7) is 1.47. The molecule has 1 aliphatic carbocycles. The number of aliphatic hydroxyl groups excluding tert-OH is 1. The monoisotopic (exact) mass is 473 g/mol. The lowest BCUT2D eigenvalue weighted by Crippen LogP contribution is -2.54. The number of β-amino-alcohol motifs (C(OH)–C–C–N with tert-alkyl or cyclic N) is 1. The van der Waals surface area contributed by atoms with Gasteiger partial charge in [0, 0.05) is 13.1 Å². The SMILES string of the molecule is C[C@@]1(C(=O)O)CCN(C(=N)c2c(F)cccc2NC(=O)c2c(Cl)cccc2C2CC2)CC1O. The number of hydrogen-bond donors (Lipinski definition) is 4. The lowest BCUT2D eigenvalue weighted by Gasteiger charge is -2.41. The van der Waals surface area contributed by atoms with E-state index in [0.717, 1.165) is 18.4 Å². The maximum absolute atomic E-state index is 14.9. The van der Waals surface area contributed by atoms with Crippen LogP contribution in [0.3, 0.4) is 0 Å². The molecule has 1 unspecified atom stereocenters. The summed E-state index contributed by atoms with van der Waals surface area (Å²) in [7, 11) is 0. The second-order valence-corrected chi connectivity index (χ2v) is 9.29. The van der Waals surface area contributed by atoms with Crippen molar-refractivity contribution in [3.8, 4) is 0 Å². The molecule has 33 heavy (non-hydrogen) atoms. The van der Waals surface area contributed by atoms with Gasteiger partial charge in [-0.2, -0.15) is 0 Å². The fourth-order valence-electron chi connectivity index (χ4n) is 4.21. The van der Waals surface area contributed by atoms with Crippen LogP contribution >= 0.6 is 11.6 Å². The number of aliphatic hydroxyl groups is 1. The summed E-state index contributed by atoms with van der Waals surface area (Å²) >= 11 is 6.32. The third kappa shape index (κ3) is 4.32. The summed E-state index contributed by atoms with van der Waals surface area (Å²) in [5.74, 6) is -2.28. The van der Waals surface area contributed by atoms with E-state index in [1.807, 2.05) is 6.07 Å². The molecule has 1 aliphatic heterocycles. The van der Waals surface area contributed by atoms with Gasteiger partial charge in [-0.1, -0.05) is 29.8 Å². The Kier molecular flexibility index (Phi) is 6.16. The van der Waals surface area contributed by atoms with Crippen LogP contribution in [0.5, 0.6) is 0 Å². The molecule has 0 radical (unpaired) electrons. The van der Waals surface area contributed by atoms with E-state index in [0.29, 0.717) is 10.6 Å². The molecule has 174 valence electrons. The molecule has 2 aromatic rings. The molecule has 0 bridgehead atoms. The van der Waals surface area contributed by atoms with Crippen molar-refractivity contribution < 1.29 is 24.2 Å². The van der Waals surface area contributed by atoms with Crippen LogP contribution in [0.1, 0.15) is 53.6 Å². The van der Waals surface area contributed by atoms with E-state index in [-0.39, 0.29) is 42.5 Å². The predicted molar refractivity (Wildman–Crippen MR) is 123 cm³/mol. The van der Waals surface area contributed by atoms with Crippen molar-refractivity contribution in [3.05, 3.63) is 63.9 Å². The van der Waals surface area contributed by atoms with Gasteiger partial charge in [0.25, 0.3) is 5.91 Å². The smallest absolute Gasteiger partial charge is 0.312 e. The molecule has 2 aliphatic rings. The van der Waals surface area contributed by atoms with E-state index in [9.17, 15) is 24.2 Å². The number of carboxylic acid groups (broad SMARTS) is 1. The van der Waals surface area contributed by atoms with Crippen molar-refractivity contribution in [1.82, 2.24) is 4.90 Å². The van der Waals surface area contributed by atoms with Crippen LogP contribution in [-0.4, -0.2) is 52.0 Å². The van der Waals surface area contributed by atoms with Gasteiger partial charge in [0.05, 0.1) is 33.4 Å². The number of benzene rings is 2. The van der Waals surface area contributed by atoms with Crippen LogP contribution in [0.4, 0.5) is 10.1 Å². The molecular formula is C24H25ClFN3O4. The average Bonchev–Trinajstić information content (AvgIpc) is 3.60. The lowest BCUT2D eigenvalue weighted by atomic mass is 9.78. The fraction of sp³-hybridized carbons (Fsp3) is 0.375. The van der Waals surface area contributed by atoms with Crippen LogP contribution in [-0.2, 0) is 4.79 Å². The highest BCUT2D eigenvalue weighted by Crippen LogP contribution is 2.43. The number of piperidine rings is 1. The molecule has 2 atom stereocenters. The van der Waals surface area contributed by atoms with Gasteiger partial charge in [0.15, 0.2) is 0 Å². The molecule has 1 saturated heterocycles. The largest absolute Gasteiger partial charge is 0.481 e. The molecule has 9 heteroatoms.